The molecule has 0 aromatic heterocycles. The quantitative estimate of drug-likeness (QED) is 0.539. The summed E-state index contributed by atoms with van der Waals surface area (Å²) in [4.78, 5) is 0. The molecular formula is C7H12O4S. The van der Waals surface area contributed by atoms with Crippen molar-refractivity contribution in [1.82, 2.24) is 0 Å². The molecule has 70 valence electrons. The average molecular weight is 192 g/mol. The van der Waals surface area contributed by atoms with Crippen LogP contribution in [-0.4, -0.2) is 37.9 Å². The number of hydrogen-bond donors (Lipinski definition) is 0. The predicted octanol–water partition coefficient (Wildman–Crippen LogP) is -0.0651. The summed E-state index contributed by atoms with van der Waals surface area (Å²) in [6.07, 6.45) is -0.491. The van der Waals surface area contributed by atoms with Crippen LogP contribution in [-0.2, 0) is 19.3 Å². The zero-order valence-electron chi connectivity index (χ0n) is 7.11. The van der Waals surface area contributed by atoms with Crippen molar-refractivity contribution in [3.05, 3.63) is 0 Å². The Labute approximate surface area is 71.8 Å². The monoisotopic (exact) mass is 192 g/mol. The third kappa shape index (κ3) is 1.36. The summed E-state index contributed by atoms with van der Waals surface area (Å²) in [5.74, 6) is -0.381. The van der Waals surface area contributed by atoms with Crippen LogP contribution in [0.2, 0.25) is 0 Å². The lowest BCUT2D eigenvalue weighted by atomic mass is 10.3. The van der Waals surface area contributed by atoms with Crippen LogP contribution in [0.5, 0.6) is 0 Å². The highest BCUT2D eigenvalue weighted by Crippen LogP contribution is 2.33. The third-order valence-corrected chi connectivity index (χ3v) is 3.79. The summed E-state index contributed by atoms with van der Waals surface area (Å²) in [5, 5.41) is 0. The Bertz CT molecular complexity index is 271. The molecule has 2 heterocycles. The molecule has 2 rings (SSSR count). The van der Waals surface area contributed by atoms with Gasteiger partial charge in [0.1, 0.15) is 12.2 Å². The van der Waals surface area contributed by atoms with Gasteiger partial charge in [0.05, 0.1) is 11.5 Å². The van der Waals surface area contributed by atoms with Crippen LogP contribution in [0.4, 0.5) is 0 Å². The fraction of sp³-hybridized carbons (Fsp3) is 1.00. The molecule has 12 heavy (non-hydrogen) atoms. The van der Waals surface area contributed by atoms with E-state index >= 15 is 0 Å². The SMILES string of the molecule is CC1(C)O[C@H]2CS(=O)(=O)C[C@@H]2O1. The van der Waals surface area contributed by atoms with E-state index < -0.39 is 15.6 Å². The first kappa shape index (κ1) is 8.47. The zero-order valence-corrected chi connectivity index (χ0v) is 7.93. The molecular weight excluding hydrogens is 180 g/mol. The van der Waals surface area contributed by atoms with Gasteiger partial charge in [-0.1, -0.05) is 0 Å². The zero-order chi connectivity index (χ0) is 8.98. The number of rotatable bonds is 0. The van der Waals surface area contributed by atoms with E-state index in [1.807, 2.05) is 0 Å². The molecule has 0 radical (unpaired) electrons. The normalized spacial score (nSPS) is 42.8. The van der Waals surface area contributed by atoms with Crippen LogP contribution in [0.25, 0.3) is 0 Å². The smallest absolute Gasteiger partial charge is 0.163 e. The molecule has 0 amide bonds. The first-order valence-electron chi connectivity index (χ1n) is 3.94. The molecule has 4 nitrogen and oxygen atoms in total. The van der Waals surface area contributed by atoms with Crippen molar-refractivity contribution in [3.8, 4) is 0 Å². The van der Waals surface area contributed by atoms with Gasteiger partial charge < -0.3 is 9.47 Å². The Balaban J connectivity index is 2.17. The van der Waals surface area contributed by atoms with Crippen molar-refractivity contribution < 1.29 is 17.9 Å². The summed E-state index contributed by atoms with van der Waals surface area (Å²) < 4.78 is 33.0. The van der Waals surface area contributed by atoms with Crippen LogP contribution in [0.15, 0.2) is 0 Å². The molecule has 0 aliphatic carbocycles. The molecule has 0 aromatic carbocycles. The van der Waals surface area contributed by atoms with Gasteiger partial charge in [-0.2, -0.15) is 0 Å². The Hall–Kier alpha value is -0.130. The van der Waals surface area contributed by atoms with Crippen molar-refractivity contribution >= 4 is 9.84 Å². The first-order chi connectivity index (χ1) is 5.38. The summed E-state index contributed by atoms with van der Waals surface area (Å²) in [5.41, 5.74) is 0. The van der Waals surface area contributed by atoms with Gasteiger partial charge in [0.25, 0.3) is 0 Å². The van der Waals surface area contributed by atoms with Gasteiger partial charge in [0.2, 0.25) is 0 Å². The van der Waals surface area contributed by atoms with E-state index in [1.54, 1.807) is 13.8 Å². The van der Waals surface area contributed by atoms with Crippen molar-refractivity contribution in [3.63, 3.8) is 0 Å². The van der Waals surface area contributed by atoms with E-state index in [1.165, 1.54) is 0 Å². The summed E-state index contributed by atoms with van der Waals surface area (Å²) in [7, 11) is -2.91. The van der Waals surface area contributed by atoms with Gasteiger partial charge in [-0.25, -0.2) is 8.42 Å². The minimum atomic E-state index is -2.91. The third-order valence-electron chi connectivity index (χ3n) is 2.12. The first-order valence-corrected chi connectivity index (χ1v) is 5.76. The number of sulfone groups is 1. The molecule has 0 bridgehead atoms. The Morgan fingerprint density at radius 2 is 1.58 bits per heavy atom. The Kier molecular flexibility index (Phi) is 1.56. The molecule has 0 spiro atoms. The van der Waals surface area contributed by atoms with Crippen molar-refractivity contribution in [1.29, 1.82) is 0 Å². The molecule has 0 N–H and O–H groups in total. The van der Waals surface area contributed by atoms with Crippen LogP contribution in [0.3, 0.4) is 0 Å². The van der Waals surface area contributed by atoms with Gasteiger partial charge in [0, 0.05) is 0 Å². The lowest BCUT2D eigenvalue weighted by Crippen LogP contribution is -2.25. The lowest BCUT2D eigenvalue weighted by molar-refractivity contribution is -0.143. The van der Waals surface area contributed by atoms with Crippen molar-refractivity contribution in [2.45, 2.75) is 31.8 Å². The lowest BCUT2D eigenvalue weighted by Gasteiger charge is -2.17. The second-order valence-electron chi connectivity index (χ2n) is 3.79. The summed E-state index contributed by atoms with van der Waals surface area (Å²) in [6, 6.07) is 0. The van der Waals surface area contributed by atoms with Crippen molar-refractivity contribution in [2.75, 3.05) is 11.5 Å². The number of hydrogen-bond acceptors (Lipinski definition) is 4. The van der Waals surface area contributed by atoms with Gasteiger partial charge in [-0.15, -0.1) is 0 Å². The molecule has 0 aromatic rings. The van der Waals surface area contributed by atoms with E-state index in [0.717, 1.165) is 0 Å². The second-order valence-corrected chi connectivity index (χ2v) is 5.94. The van der Waals surface area contributed by atoms with Gasteiger partial charge in [0.15, 0.2) is 15.6 Å². The maximum atomic E-state index is 11.1. The highest BCUT2D eigenvalue weighted by Gasteiger charge is 2.49. The van der Waals surface area contributed by atoms with Crippen molar-refractivity contribution in [2.24, 2.45) is 0 Å². The van der Waals surface area contributed by atoms with Crippen LogP contribution in [0.1, 0.15) is 13.8 Å². The molecule has 2 aliphatic heterocycles. The molecule has 5 heteroatoms. The van der Waals surface area contributed by atoms with E-state index in [0.29, 0.717) is 0 Å². The maximum absolute atomic E-state index is 11.1. The van der Waals surface area contributed by atoms with Crippen LogP contribution in [0, 0.1) is 0 Å². The topological polar surface area (TPSA) is 52.6 Å². The highest BCUT2D eigenvalue weighted by molar-refractivity contribution is 7.91. The van der Waals surface area contributed by atoms with E-state index in [2.05, 4.69) is 0 Å². The van der Waals surface area contributed by atoms with Gasteiger partial charge >= 0.3 is 0 Å². The van der Waals surface area contributed by atoms with E-state index in [4.69, 9.17) is 9.47 Å². The molecule has 0 unspecified atom stereocenters. The standard InChI is InChI=1S/C7H12O4S/c1-7(2)10-5-3-12(8,9)4-6(5)11-7/h5-6H,3-4H2,1-2H3/t5-,6-/m0/s1. The summed E-state index contributed by atoms with van der Waals surface area (Å²) in [6.45, 7) is 3.61. The van der Waals surface area contributed by atoms with Gasteiger partial charge in [-0.3, -0.25) is 0 Å². The maximum Gasteiger partial charge on any atom is 0.163 e. The van der Waals surface area contributed by atoms with Gasteiger partial charge in [-0.05, 0) is 13.8 Å². The van der Waals surface area contributed by atoms with Crippen LogP contribution < -0.4 is 0 Å². The Morgan fingerprint density at radius 3 is 2.00 bits per heavy atom. The number of fused-ring (bicyclic) bond motifs is 1. The van der Waals surface area contributed by atoms with E-state index in [-0.39, 0.29) is 23.7 Å². The minimum absolute atomic E-state index is 0.112. The fourth-order valence-electron chi connectivity index (χ4n) is 1.76. The fourth-order valence-corrected chi connectivity index (χ4v) is 3.46. The Morgan fingerprint density at radius 1 is 1.17 bits per heavy atom. The highest BCUT2D eigenvalue weighted by atomic mass is 32.2. The molecule has 2 aliphatic rings. The second kappa shape index (κ2) is 2.21. The largest absolute Gasteiger partial charge is 0.343 e. The van der Waals surface area contributed by atoms with E-state index in [9.17, 15) is 8.42 Å². The summed E-state index contributed by atoms with van der Waals surface area (Å²) >= 11 is 0. The van der Waals surface area contributed by atoms with Crippen LogP contribution >= 0.6 is 0 Å². The molecule has 0 saturated carbocycles. The molecule has 2 saturated heterocycles. The molecule has 2 atom stereocenters. The predicted molar refractivity (Wildman–Crippen MR) is 42.5 cm³/mol. The average Bonchev–Trinajstić information content (AvgIpc) is 2.12. The minimum Gasteiger partial charge on any atom is -0.343 e. The number of ether oxygens (including phenoxy) is 2. The molecule has 2 fully saturated rings.